The molecule has 0 aliphatic carbocycles. The molecule has 4 aliphatic heterocycles. The van der Waals surface area contributed by atoms with E-state index in [1.807, 2.05) is 181 Å². The Morgan fingerprint density at radius 2 is 0.963 bits per heavy atom. The number of rotatable bonds is 5. The Kier molecular flexibility index (Phi) is 25.4. The van der Waals surface area contributed by atoms with Crippen LogP contribution in [0.2, 0.25) is 0 Å². The quantitative estimate of drug-likeness (QED) is 0.0442. The number of nitrogens with zero attached hydrogens (tertiary/aromatic N) is 11. The normalized spacial score (nSPS) is 12.6. The van der Waals surface area contributed by atoms with E-state index in [2.05, 4.69) is 326 Å². The first-order chi connectivity index (χ1) is 66.2. The molecule has 14 aromatic carbocycles. The van der Waals surface area contributed by atoms with E-state index in [0.29, 0.717) is 0 Å². The van der Waals surface area contributed by atoms with Crippen LogP contribution in [0.4, 0.5) is 0 Å². The predicted molar refractivity (Wildman–Crippen MR) is 546 cm³/mol. The van der Waals surface area contributed by atoms with E-state index in [4.69, 9.17) is 10.1 Å². The first-order valence-electron chi connectivity index (χ1n) is 44.9. The minimum absolute atomic E-state index is 0. The maximum atomic E-state index is 10.0. The van der Waals surface area contributed by atoms with Crippen molar-refractivity contribution in [1.29, 1.82) is 0 Å². The number of fused-ring (bicyclic) bond motifs is 20. The molecule has 657 valence electrons. The Morgan fingerprint density at radius 3 is 1.57 bits per heavy atom. The van der Waals surface area contributed by atoms with Crippen LogP contribution in [-0.2, 0) is 71.3 Å². The minimum Gasteiger partial charge on any atom is -0.512 e. The molecule has 11 aromatic heterocycles. The van der Waals surface area contributed by atoms with Gasteiger partial charge >= 0.3 is 0 Å². The number of aromatic nitrogens is 11. The number of imidazole rings is 4. The third-order valence-electron chi connectivity index (χ3n) is 24.9. The van der Waals surface area contributed by atoms with E-state index in [0.717, 1.165) is 76.9 Å². The molecule has 0 unspecified atom stereocenters. The number of carbonyl (C=O) groups excluding carboxylic acids is 1. The number of hydrogen-bond acceptors (Lipinski definition) is 7. The number of pyridine rings is 6. The number of allylic oxidation sites excluding steroid dienone is 4. The predicted octanol–water partition coefficient (Wildman–Crippen LogP) is 23.9. The average molecular weight is 2130 g/mol. The Hall–Kier alpha value is -15.8. The molecule has 2 N–H and O–H groups in total. The largest absolute Gasteiger partial charge is 0.512 e. The molecule has 0 atom stereocenters. The summed E-state index contributed by atoms with van der Waals surface area (Å²) in [6.07, 6.45) is 15.0. The fourth-order valence-electron chi connectivity index (χ4n) is 19.3. The topological polar surface area (TPSA) is 122 Å². The van der Waals surface area contributed by atoms with Gasteiger partial charge in [0.15, 0.2) is 45.1 Å². The second-order valence-electron chi connectivity index (χ2n) is 33.2. The molecule has 4 aliphatic rings. The van der Waals surface area contributed by atoms with Crippen LogP contribution in [0.25, 0.3) is 175 Å². The molecule has 15 heterocycles. The van der Waals surface area contributed by atoms with Crippen LogP contribution in [0.5, 0.6) is 0 Å². The van der Waals surface area contributed by atoms with Gasteiger partial charge < -0.3 is 25.0 Å². The van der Waals surface area contributed by atoms with Crippen LogP contribution in [0.1, 0.15) is 30.5 Å². The third-order valence-corrected chi connectivity index (χ3v) is 26.1. The number of aliphatic hydroxyl groups excluding tert-OH is 1. The Labute approximate surface area is 816 Å². The number of nitrogens with one attached hydrogen (secondary N) is 1. The van der Waals surface area contributed by atoms with Crippen LogP contribution < -0.4 is 29.2 Å². The van der Waals surface area contributed by atoms with Crippen LogP contribution in [0, 0.1) is 18.2 Å². The van der Waals surface area contributed by atoms with Crippen molar-refractivity contribution in [2.75, 3.05) is 0 Å². The van der Waals surface area contributed by atoms with Crippen LogP contribution in [0.15, 0.2) is 437 Å². The molecule has 0 saturated carbocycles. The summed E-state index contributed by atoms with van der Waals surface area (Å²) in [4.78, 5) is 23.5. The third kappa shape index (κ3) is 16.8. The van der Waals surface area contributed by atoms with E-state index < -0.39 is 0 Å². The Balaban J connectivity index is 0.0000000976. The van der Waals surface area contributed by atoms with Crippen molar-refractivity contribution < 1.29 is 68.4 Å². The fraction of sp³-hybridized carbons (Fsp3) is 0.0508. The van der Waals surface area contributed by atoms with Gasteiger partial charge in [0, 0.05) is 120 Å². The maximum Gasteiger partial charge on any atom is 0.296 e. The van der Waals surface area contributed by atoms with Crippen LogP contribution >= 0.6 is 11.3 Å². The number of hydrogen-bond donors (Lipinski definition) is 2. The van der Waals surface area contributed by atoms with Gasteiger partial charge in [0.25, 0.3) is 24.2 Å². The van der Waals surface area contributed by atoms with Gasteiger partial charge in [-0.25, -0.2) is 13.7 Å². The summed E-state index contributed by atoms with van der Waals surface area (Å²) in [5.74, 6) is 2.89. The summed E-state index contributed by atoms with van der Waals surface area (Å²) in [7, 11) is 2.09. The molecule has 0 spiro atoms. The first kappa shape index (κ1) is 88.2. The second kappa shape index (κ2) is 39.2. The Morgan fingerprint density at radius 1 is 0.441 bits per heavy atom. The van der Waals surface area contributed by atoms with Crippen molar-refractivity contribution in [3.8, 4) is 39.6 Å². The van der Waals surface area contributed by atoms with Crippen molar-refractivity contribution in [2.45, 2.75) is 40.2 Å². The van der Waals surface area contributed by atoms with Crippen molar-refractivity contribution in [1.82, 2.24) is 38.0 Å². The van der Waals surface area contributed by atoms with Crippen molar-refractivity contribution in [3.05, 3.63) is 472 Å². The number of thiophene rings is 1. The van der Waals surface area contributed by atoms with Gasteiger partial charge in [-0.1, -0.05) is 218 Å². The number of ketones is 1. The number of benzene rings is 14. The van der Waals surface area contributed by atoms with E-state index in [9.17, 15) is 4.79 Å². The molecule has 29 rings (SSSR count). The monoisotopic (exact) mass is 2130 g/mol. The molecule has 0 amide bonds. The fourth-order valence-corrected chi connectivity index (χ4v) is 20.5. The second-order valence-corrected chi connectivity index (χ2v) is 34.2. The van der Waals surface area contributed by atoms with E-state index in [1.54, 1.807) is 6.20 Å². The van der Waals surface area contributed by atoms with Crippen molar-refractivity contribution >= 4 is 165 Å². The van der Waals surface area contributed by atoms with Crippen LogP contribution in [0.3, 0.4) is 0 Å². The maximum absolute atomic E-state index is 10.0. The van der Waals surface area contributed by atoms with Gasteiger partial charge in [-0.2, -0.15) is 29.1 Å². The van der Waals surface area contributed by atoms with Gasteiger partial charge in [-0.15, -0.1) is 102 Å². The molecule has 0 saturated heterocycles. The zero-order valence-corrected chi connectivity index (χ0v) is 79.9. The van der Waals surface area contributed by atoms with Crippen molar-refractivity contribution in [2.24, 2.45) is 0 Å². The van der Waals surface area contributed by atoms with Crippen LogP contribution in [-0.4, -0.2) is 50.9 Å². The summed E-state index contributed by atoms with van der Waals surface area (Å²) >= 11 is 1.81. The number of carbonyl (C=O) groups is 1. The Bertz CT molecular complexity index is 8670. The van der Waals surface area contributed by atoms with E-state index >= 15 is 0 Å². The molecular weight excluding hydrogens is 2040 g/mol. The molecule has 18 heteroatoms. The van der Waals surface area contributed by atoms with Gasteiger partial charge in [0.2, 0.25) is 6.67 Å². The molecule has 14 nitrogen and oxygen atoms in total. The molecule has 3 radical (unpaired) electrons. The summed E-state index contributed by atoms with van der Waals surface area (Å²) < 4.78 is 21.4. The van der Waals surface area contributed by atoms with Gasteiger partial charge in [-0.05, 0) is 150 Å². The summed E-state index contributed by atoms with van der Waals surface area (Å²) in [6.45, 7) is 6.60. The summed E-state index contributed by atoms with van der Waals surface area (Å²) in [6, 6.07) is 140. The SMILES string of the molecule is CC(=O)C=C(C)O.[B]1/C=C\C=C/NC[n+]2ccccc21.[Ir].[Ir].[c-]1ccc2c(sc3ccccc32)c1-c1ccccn1.[c-]1ccccc1-c1ccccn1.[c-]1ccccc1-c1nc2ccccc2n1-c1ccccc1.c1cc2c3c(c1)c1ccccc1n1c4ccccc4[n+](c31)C2.c1cc2c3c(c1)c1ccccc1n1c4ccccc4[n+](c31)C2.c1cc2c3c(c1)ccn1c4ccccc4[n+](c31)C2. The number of para-hydroxylation sites is 11. The summed E-state index contributed by atoms with van der Waals surface area (Å²) in [5, 5.41) is 25.2. The van der Waals surface area contributed by atoms with Gasteiger partial charge in [0.05, 0.1) is 45.0 Å². The number of aliphatic hydroxyl groups is 1. The molecule has 0 fully saturated rings. The van der Waals surface area contributed by atoms with E-state index in [1.165, 1.54) is 167 Å². The average Bonchev–Trinajstić information content (AvgIpc) is 1.53. The standard InChI is InChI=1S/2C20H13N2.C19H13N2.C17H10NS.C16H11N2.C11H8N.C10H11BN2.C5H8O2.2Ir/c2*1-2-9-16-14(7-1)15-8-5-6-13-12-21-17-10-3-4-11-18(17)22(16)20(21)19(13)15;1-3-9-15(10-4-1)19-20-17-13-7-8-14-18(17)21(19)16-11-5-2-6-12-16;1-2-10-16-12(6-1)13-7-5-8-14(17(13)19-16)15-9-3-4-11-18-15;1-2-7-14-13(6-1)17-9-8-11-4-3-5-12-10-18(14)16(17)15(11)12;1-2-6-10(7-3-1)11-8-4-5-9-12-11;1-4-8-13-9-12-7-3-2-6-11-10(13)5-1;1-4(6)3-5(2)7;;/h2*1-11H,12H2;1-9,11-14H;1-7,9-11H;1-9H,10H2;1-6,8-9H;1-8,12H,9H2;3,6H,1-2H3;;/q2*+1;2*-1;+1;-1;+1;;;/b;;;;;;6-2-,7-3-;;;. The minimum atomic E-state index is -0.125. The smallest absolute Gasteiger partial charge is 0.296 e. The molecule has 0 bridgehead atoms. The molecular formula is C118H87BIr2N12O2S+. The molecule has 136 heavy (non-hydrogen) atoms. The molecule has 25 aromatic rings. The zero-order valence-electron chi connectivity index (χ0n) is 74.2. The van der Waals surface area contributed by atoms with Crippen molar-refractivity contribution in [3.63, 3.8) is 0 Å². The van der Waals surface area contributed by atoms with Gasteiger partial charge in [-0.3, -0.25) is 9.78 Å². The van der Waals surface area contributed by atoms with E-state index in [-0.39, 0.29) is 51.8 Å². The van der Waals surface area contributed by atoms with Gasteiger partial charge in [0.1, 0.15) is 36.3 Å². The first-order valence-corrected chi connectivity index (χ1v) is 45.8. The summed E-state index contributed by atoms with van der Waals surface area (Å²) in [5.41, 5.74) is 28.2. The zero-order chi connectivity index (χ0) is 90.0.